The van der Waals surface area contributed by atoms with Gasteiger partial charge in [-0.25, -0.2) is 13.2 Å². The predicted octanol–water partition coefficient (Wildman–Crippen LogP) is 0.830. The number of H-pyrrole nitrogens is 1. The number of fused-ring (bicyclic) bond motifs is 1. The Labute approximate surface area is 224 Å². The standard InChI is InChI=1S/C20H23N7O5S.C2HF3O2/c1-11-10-14(12(18(21)28)7-9-32-26-20(22)23)17(19(29)25-11)27-33(30,31)16-6-2-5-15-13(16)4-3-8-24-15;3-2(4,5)1(6)7/h2-6,8,10,12,27H,7,9H2,1H3,(H2,21,28)(H,25,29)(H4,22,23,26);(H,6,7). The smallest absolute Gasteiger partial charge is 0.475 e. The van der Waals surface area contributed by atoms with Crippen LogP contribution in [0.25, 0.3) is 10.9 Å². The lowest BCUT2D eigenvalue weighted by Gasteiger charge is -2.19. The van der Waals surface area contributed by atoms with E-state index in [0.29, 0.717) is 16.6 Å². The highest BCUT2D eigenvalue weighted by Gasteiger charge is 2.38. The van der Waals surface area contributed by atoms with Gasteiger partial charge in [-0.3, -0.25) is 19.3 Å². The zero-order valence-electron chi connectivity index (χ0n) is 20.6. The molecule has 1 amide bonds. The summed E-state index contributed by atoms with van der Waals surface area (Å²) in [6.45, 7) is 1.48. The summed E-state index contributed by atoms with van der Waals surface area (Å²) in [7, 11) is -4.24. The molecule has 0 fully saturated rings. The first-order chi connectivity index (χ1) is 18.5. The van der Waals surface area contributed by atoms with Crippen LogP contribution in [0.1, 0.15) is 23.6 Å². The molecule has 14 nitrogen and oxygen atoms in total. The van der Waals surface area contributed by atoms with Crippen LogP contribution in [0.4, 0.5) is 18.9 Å². The Bertz CT molecular complexity index is 1580. The Kier molecular flexibility index (Phi) is 10.0. The first kappa shape index (κ1) is 31.3. The predicted molar refractivity (Wildman–Crippen MR) is 136 cm³/mol. The summed E-state index contributed by atoms with van der Waals surface area (Å²) in [6, 6.07) is 9.27. The van der Waals surface area contributed by atoms with Crippen LogP contribution in [-0.2, 0) is 24.4 Å². The molecule has 3 rings (SSSR count). The van der Waals surface area contributed by atoms with Crippen molar-refractivity contribution in [2.45, 2.75) is 30.3 Å². The van der Waals surface area contributed by atoms with Crippen molar-refractivity contribution in [2.75, 3.05) is 11.3 Å². The van der Waals surface area contributed by atoms with E-state index in [2.05, 4.69) is 19.8 Å². The second kappa shape index (κ2) is 12.8. The number of primary amides is 1. The zero-order chi connectivity index (χ0) is 30.3. The number of nitrogens with zero attached hydrogens (tertiary/aromatic N) is 2. The molecule has 40 heavy (non-hydrogen) atoms. The minimum absolute atomic E-state index is 0.0120. The van der Waals surface area contributed by atoms with Gasteiger partial charge in [0.2, 0.25) is 11.9 Å². The van der Waals surface area contributed by atoms with Crippen LogP contribution in [-0.4, -0.2) is 54.1 Å². The molecule has 0 saturated carbocycles. The number of anilines is 1. The third-order valence-corrected chi connectivity index (χ3v) is 6.37. The van der Waals surface area contributed by atoms with Crippen LogP contribution in [0.2, 0.25) is 0 Å². The van der Waals surface area contributed by atoms with E-state index in [-0.39, 0.29) is 35.1 Å². The van der Waals surface area contributed by atoms with E-state index in [4.69, 9.17) is 31.9 Å². The SMILES string of the molecule is Cc1cc(C(CCON=C(N)N)C(N)=O)c(NS(=O)(=O)c2cccc3ncccc23)c(=O)[nH]1.O=C(O)C(F)(F)F. The number of carbonyl (C=O) groups excluding carboxylic acids is 1. The summed E-state index contributed by atoms with van der Waals surface area (Å²) in [5.41, 5.74) is 15.8. The molecule has 0 aliphatic carbocycles. The number of aryl methyl sites for hydroxylation is 1. The van der Waals surface area contributed by atoms with Crippen molar-refractivity contribution in [3.8, 4) is 0 Å². The maximum absolute atomic E-state index is 13.3. The number of rotatable bonds is 9. The molecule has 0 bridgehead atoms. The number of benzene rings is 1. The molecular weight excluding hydrogens is 563 g/mol. The van der Waals surface area contributed by atoms with Crippen molar-refractivity contribution in [1.82, 2.24) is 9.97 Å². The number of guanidine groups is 1. The average Bonchev–Trinajstić information content (AvgIpc) is 2.84. The average molecular weight is 588 g/mol. The van der Waals surface area contributed by atoms with Crippen molar-refractivity contribution in [3.05, 3.63) is 64.2 Å². The summed E-state index contributed by atoms with van der Waals surface area (Å²) in [6.07, 6.45) is -3.56. The molecular formula is C22H24F3N7O7S. The molecule has 1 unspecified atom stereocenters. The number of aliphatic carboxylic acids is 1. The Balaban J connectivity index is 0.000000708. The number of aromatic nitrogens is 2. The van der Waals surface area contributed by atoms with E-state index >= 15 is 0 Å². The van der Waals surface area contributed by atoms with Gasteiger partial charge in [0.15, 0.2) is 0 Å². The lowest BCUT2D eigenvalue weighted by atomic mass is 9.94. The largest absolute Gasteiger partial charge is 0.490 e. The van der Waals surface area contributed by atoms with Crippen LogP contribution in [0.15, 0.2) is 57.4 Å². The van der Waals surface area contributed by atoms with Gasteiger partial charge < -0.3 is 32.1 Å². The Morgan fingerprint density at radius 1 is 1.20 bits per heavy atom. The highest BCUT2D eigenvalue weighted by Crippen LogP contribution is 2.29. The monoisotopic (exact) mass is 587 g/mol. The summed E-state index contributed by atoms with van der Waals surface area (Å²) >= 11 is 0. The van der Waals surface area contributed by atoms with Crippen LogP contribution >= 0.6 is 0 Å². The zero-order valence-corrected chi connectivity index (χ0v) is 21.4. The van der Waals surface area contributed by atoms with E-state index in [9.17, 15) is 31.2 Å². The highest BCUT2D eigenvalue weighted by molar-refractivity contribution is 7.93. The van der Waals surface area contributed by atoms with Crippen molar-refractivity contribution < 1.29 is 41.1 Å². The molecule has 0 aliphatic rings. The van der Waals surface area contributed by atoms with Crippen LogP contribution in [0, 0.1) is 6.92 Å². The van der Waals surface area contributed by atoms with Crippen molar-refractivity contribution in [1.29, 1.82) is 0 Å². The molecule has 0 aliphatic heterocycles. The lowest BCUT2D eigenvalue weighted by molar-refractivity contribution is -0.192. The number of nitrogens with two attached hydrogens (primary N) is 3. The van der Waals surface area contributed by atoms with E-state index in [0.717, 1.165) is 0 Å². The van der Waals surface area contributed by atoms with Gasteiger partial charge in [-0.2, -0.15) is 13.2 Å². The summed E-state index contributed by atoms with van der Waals surface area (Å²) < 4.78 is 60.6. The number of carboxylic acid groups (broad SMARTS) is 1. The van der Waals surface area contributed by atoms with Crippen LogP contribution < -0.4 is 27.5 Å². The third kappa shape index (κ3) is 8.32. The number of carbonyl (C=O) groups is 2. The van der Waals surface area contributed by atoms with E-state index in [1.54, 1.807) is 25.1 Å². The molecule has 18 heteroatoms. The van der Waals surface area contributed by atoms with Gasteiger partial charge in [-0.15, -0.1) is 0 Å². The van der Waals surface area contributed by atoms with Gasteiger partial charge in [0.25, 0.3) is 15.6 Å². The Hall–Kier alpha value is -4.87. The fraction of sp³-hybridized carbons (Fsp3) is 0.227. The highest BCUT2D eigenvalue weighted by atomic mass is 32.2. The molecule has 1 atom stereocenters. The lowest BCUT2D eigenvalue weighted by Crippen LogP contribution is -2.29. The van der Waals surface area contributed by atoms with Gasteiger partial charge in [0, 0.05) is 17.3 Å². The number of amides is 1. The quantitative estimate of drug-likeness (QED) is 0.0890. The number of hydrogen-bond acceptors (Lipinski definition) is 8. The first-order valence-electron chi connectivity index (χ1n) is 10.9. The number of pyridine rings is 2. The molecule has 9 N–H and O–H groups in total. The van der Waals surface area contributed by atoms with E-state index in [1.807, 2.05) is 0 Å². The Morgan fingerprint density at radius 2 is 1.85 bits per heavy atom. The van der Waals surface area contributed by atoms with Crippen molar-refractivity contribution in [3.63, 3.8) is 0 Å². The van der Waals surface area contributed by atoms with Crippen LogP contribution in [0.3, 0.4) is 0 Å². The second-order valence-electron chi connectivity index (χ2n) is 7.94. The molecule has 0 radical (unpaired) electrons. The second-order valence-corrected chi connectivity index (χ2v) is 9.59. The number of hydrogen-bond donors (Lipinski definition) is 6. The summed E-state index contributed by atoms with van der Waals surface area (Å²) in [5.74, 6) is -4.92. The van der Waals surface area contributed by atoms with E-state index in [1.165, 1.54) is 24.4 Å². The first-order valence-corrected chi connectivity index (χ1v) is 12.4. The van der Waals surface area contributed by atoms with Gasteiger partial charge in [-0.1, -0.05) is 6.07 Å². The molecule has 1 aromatic carbocycles. The molecule has 0 saturated heterocycles. The fourth-order valence-corrected chi connectivity index (χ4v) is 4.64. The summed E-state index contributed by atoms with van der Waals surface area (Å²) in [4.78, 5) is 45.4. The topological polar surface area (TPSA) is 246 Å². The summed E-state index contributed by atoms with van der Waals surface area (Å²) in [5, 5.41) is 10.9. The molecule has 3 aromatic rings. The van der Waals surface area contributed by atoms with Gasteiger partial charge in [0.05, 0.1) is 16.3 Å². The number of aromatic amines is 1. The fourth-order valence-electron chi connectivity index (χ4n) is 3.33. The van der Waals surface area contributed by atoms with Crippen molar-refractivity contribution in [2.24, 2.45) is 22.4 Å². The maximum atomic E-state index is 13.3. The van der Waals surface area contributed by atoms with Crippen LogP contribution in [0.5, 0.6) is 0 Å². The van der Waals surface area contributed by atoms with Gasteiger partial charge in [0.1, 0.15) is 12.3 Å². The van der Waals surface area contributed by atoms with Gasteiger partial charge in [-0.05, 0) is 54.4 Å². The molecule has 216 valence electrons. The molecule has 2 aromatic heterocycles. The molecule has 0 spiro atoms. The number of nitrogens with one attached hydrogen (secondary N) is 2. The normalized spacial score (nSPS) is 12.0. The number of halogens is 3. The third-order valence-electron chi connectivity index (χ3n) is 4.96. The number of oxime groups is 1. The molecule has 2 heterocycles. The minimum Gasteiger partial charge on any atom is -0.475 e. The minimum atomic E-state index is -5.08. The van der Waals surface area contributed by atoms with E-state index < -0.39 is 39.6 Å². The van der Waals surface area contributed by atoms with Crippen molar-refractivity contribution >= 4 is 44.4 Å². The maximum Gasteiger partial charge on any atom is 0.490 e. The Morgan fingerprint density at radius 3 is 2.42 bits per heavy atom. The number of sulfonamides is 1. The number of carboxylic acids is 1. The van der Waals surface area contributed by atoms with Gasteiger partial charge >= 0.3 is 12.1 Å². The number of alkyl halides is 3.